The lowest BCUT2D eigenvalue weighted by Gasteiger charge is -2.54. The number of anilines is 1. The second-order valence-electron chi connectivity index (χ2n) is 6.88. The molecule has 2 saturated heterocycles. The Kier molecular flexibility index (Phi) is 4.51. The van der Waals surface area contributed by atoms with E-state index in [0.29, 0.717) is 11.4 Å². The Hall–Kier alpha value is -1.70. The number of hydrogen-bond donors (Lipinski definition) is 1. The molecule has 2 aliphatic rings. The van der Waals surface area contributed by atoms with E-state index in [4.69, 9.17) is 14.2 Å². The predicted molar refractivity (Wildman–Crippen MR) is 89.3 cm³/mol. The molecule has 1 unspecified atom stereocenters. The van der Waals surface area contributed by atoms with Gasteiger partial charge in [0.2, 0.25) is 5.67 Å². The van der Waals surface area contributed by atoms with Crippen LogP contribution in [0.5, 0.6) is 5.75 Å². The molecule has 25 heavy (non-hydrogen) atoms. The monoisotopic (exact) mass is 353 g/mol. The summed E-state index contributed by atoms with van der Waals surface area (Å²) in [7, 11) is 1.54. The molecule has 0 spiro atoms. The number of ether oxygens (including phenoxy) is 3. The normalized spacial score (nSPS) is 32.4. The average molecular weight is 353 g/mol. The maximum Gasteiger partial charge on any atom is 0.270 e. The van der Waals surface area contributed by atoms with Gasteiger partial charge in [-0.05, 0) is 44.5 Å². The third kappa shape index (κ3) is 2.80. The van der Waals surface area contributed by atoms with E-state index in [9.17, 15) is 9.90 Å². The minimum atomic E-state index is -2.39. The van der Waals surface area contributed by atoms with Crippen molar-refractivity contribution in [2.24, 2.45) is 0 Å². The molecule has 138 valence electrons. The summed E-state index contributed by atoms with van der Waals surface area (Å²) in [4.78, 5) is 14.0. The summed E-state index contributed by atoms with van der Waals surface area (Å²) in [5.74, 6) is -0.979. The summed E-state index contributed by atoms with van der Waals surface area (Å²) in [6, 6.07) is 5.81. The smallest absolute Gasteiger partial charge is 0.270 e. The number of rotatable bonds is 5. The molecule has 0 aliphatic carbocycles. The summed E-state index contributed by atoms with van der Waals surface area (Å²) < 4.78 is 32.0. The van der Waals surface area contributed by atoms with Crippen LogP contribution in [0.25, 0.3) is 0 Å². The molecule has 0 radical (unpaired) electrons. The number of carbonyl (C=O) groups excluding carboxylic acids is 1. The first-order valence-electron chi connectivity index (χ1n) is 8.41. The van der Waals surface area contributed by atoms with E-state index in [1.165, 1.54) is 4.90 Å². The highest BCUT2D eigenvalue weighted by atomic mass is 19.1. The number of aliphatic hydroxyl groups is 1. The lowest BCUT2D eigenvalue weighted by atomic mass is 9.75. The van der Waals surface area contributed by atoms with Crippen molar-refractivity contribution in [1.29, 1.82) is 0 Å². The Balaban J connectivity index is 1.94. The summed E-state index contributed by atoms with van der Waals surface area (Å²) in [6.45, 7) is 5.27. The molecule has 1 aromatic rings. The molecular formula is C18H24FNO5. The lowest BCUT2D eigenvalue weighted by Crippen LogP contribution is -2.80. The van der Waals surface area contributed by atoms with Crippen molar-refractivity contribution in [3.05, 3.63) is 24.3 Å². The van der Waals surface area contributed by atoms with Gasteiger partial charge in [0.1, 0.15) is 17.9 Å². The van der Waals surface area contributed by atoms with Gasteiger partial charge in [-0.25, -0.2) is 4.39 Å². The number of aliphatic hydroxyl groups excluding tert-OH is 1. The first kappa shape index (κ1) is 18.1. The van der Waals surface area contributed by atoms with Crippen LogP contribution in [0.1, 0.15) is 27.2 Å². The van der Waals surface area contributed by atoms with Crippen molar-refractivity contribution >= 4 is 11.6 Å². The molecule has 6 nitrogen and oxygen atoms in total. The highest BCUT2D eigenvalue weighted by molar-refractivity contribution is 6.09. The minimum Gasteiger partial charge on any atom is -0.497 e. The zero-order valence-corrected chi connectivity index (χ0v) is 14.9. The Bertz CT molecular complexity index is 649. The predicted octanol–water partition coefficient (Wildman–Crippen LogP) is 2.04. The molecule has 2 fully saturated rings. The van der Waals surface area contributed by atoms with Crippen LogP contribution in [0.15, 0.2) is 24.3 Å². The summed E-state index contributed by atoms with van der Waals surface area (Å²) in [5.41, 5.74) is -1.86. The van der Waals surface area contributed by atoms with Gasteiger partial charge in [-0.2, -0.15) is 0 Å². The molecule has 2 aliphatic heterocycles. The zero-order chi connectivity index (χ0) is 18.4. The number of methoxy groups -OCH3 is 1. The maximum atomic E-state index is 15.5. The van der Waals surface area contributed by atoms with E-state index in [1.54, 1.807) is 52.1 Å². The zero-order valence-electron chi connectivity index (χ0n) is 14.9. The quantitative estimate of drug-likeness (QED) is 0.821. The summed E-state index contributed by atoms with van der Waals surface area (Å²) >= 11 is 0. The second-order valence-corrected chi connectivity index (χ2v) is 6.88. The van der Waals surface area contributed by atoms with E-state index < -0.39 is 35.6 Å². The van der Waals surface area contributed by atoms with Gasteiger partial charge in [-0.15, -0.1) is 0 Å². The molecule has 1 aromatic carbocycles. The molecule has 7 heteroatoms. The number of hydrogen-bond acceptors (Lipinski definition) is 5. The van der Waals surface area contributed by atoms with Crippen molar-refractivity contribution < 1.29 is 28.5 Å². The van der Waals surface area contributed by atoms with Crippen molar-refractivity contribution in [1.82, 2.24) is 0 Å². The van der Waals surface area contributed by atoms with Crippen LogP contribution in [0.2, 0.25) is 0 Å². The Morgan fingerprint density at radius 1 is 1.40 bits per heavy atom. The number of alkyl halides is 1. The highest BCUT2D eigenvalue weighted by Gasteiger charge is 2.69. The minimum absolute atomic E-state index is 0.131. The van der Waals surface area contributed by atoms with Crippen LogP contribution in [0.4, 0.5) is 10.1 Å². The fourth-order valence-corrected chi connectivity index (χ4v) is 3.52. The van der Waals surface area contributed by atoms with Gasteiger partial charge in [-0.3, -0.25) is 9.69 Å². The molecule has 0 saturated carbocycles. The molecule has 1 N–H and O–H groups in total. The standard InChI is InChI=1S/C18H24FNO5/c1-5-14(21)18(19)15(13-10-24-17(2,3)25-13)20(16(18)22)11-6-8-12(23-4)9-7-11/h6-9,13-15,21H,5,10H2,1-4H3/t13-,14?,15+,18-/m1/s1. The van der Waals surface area contributed by atoms with Crippen molar-refractivity contribution in [2.45, 2.75) is 56.9 Å². The average Bonchev–Trinajstić information content (AvgIpc) is 2.96. The molecule has 1 amide bonds. The van der Waals surface area contributed by atoms with Crippen molar-refractivity contribution in [3.63, 3.8) is 0 Å². The Morgan fingerprint density at radius 3 is 2.52 bits per heavy atom. The largest absolute Gasteiger partial charge is 0.497 e. The van der Waals surface area contributed by atoms with Crippen molar-refractivity contribution in [3.8, 4) is 5.75 Å². The van der Waals surface area contributed by atoms with Crippen LogP contribution in [-0.4, -0.2) is 54.4 Å². The van der Waals surface area contributed by atoms with E-state index in [2.05, 4.69) is 0 Å². The van der Waals surface area contributed by atoms with Crippen LogP contribution in [-0.2, 0) is 14.3 Å². The SMILES string of the molecule is CCC(O)[C@]1(F)C(=O)N(c2ccc(OC)cc2)[C@H]1[C@H]1COC(C)(C)O1. The van der Waals surface area contributed by atoms with Gasteiger partial charge < -0.3 is 19.3 Å². The van der Waals surface area contributed by atoms with E-state index in [0.717, 1.165) is 0 Å². The van der Waals surface area contributed by atoms with Gasteiger partial charge in [0.15, 0.2) is 5.79 Å². The summed E-state index contributed by atoms with van der Waals surface area (Å²) in [6.07, 6.45) is -1.93. The molecule has 3 rings (SSSR count). The van der Waals surface area contributed by atoms with E-state index in [1.807, 2.05) is 0 Å². The van der Waals surface area contributed by atoms with Crippen LogP contribution >= 0.6 is 0 Å². The molecule has 2 heterocycles. The number of amides is 1. The van der Waals surface area contributed by atoms with Crippen LogP contribution in [0, 0.1) is 0 Å². The summed E-state index contributed by atoms with van der Waals surface area (Å²) in [5, 5.41) is 10.2. The van der Waals surface area contributed by atoms with Gasteiger partial charge in [0, 0.05) is 5.69 Å². The van der Waals surface area contributed by atoms with Crippen molar-refractivity contribution in [2.75, 3.05) is 18.6 Å². The van der Waals surface area contributed by atoms with Gasteiger partial charge in [0.05, 0.1) is 19.8 Å². The number of β-lactam (4-membered cyclic amide) rings is 1. The molecule has 0 aromatic heterocycles. The number of carbonyl (C=O) groups is 1. The molecule has 4 atom stereocenters. The topological polar surface area (TPSA) is 68.2 Å². The Labute approximate surface area is 146 Å². The third-order valence-electron chi connectivity index (χ3n) is 4.86. The number of halogens is 1. The van der Waals surface area contributed by atoms with Gasteiger partial charge in [-0.1, -0.05) is 6.92 Å². The fourth-order valence-electron chi connectivity index (χ4n) is 3.52. The van der Waals surface area contributed by atoms with E-state index in [-0.39, 0.29) is 13.0 Å². The van der Waals surface area contributed by atoms with E-state index >= 15 is 4.39 Å². The second kappa shape index (κ2) is 6.23. The van der Waals surface area contributed by atoms with Gasteiger partial charge in [0.25, 0.3) is 5.91 Å². The highest BCUT2D eigenvalue weighted by Crippen LogP contribution is 2.46. The molecule has 0 bridgehead atoms. The first-order chi connectivity index (χ1) is 11.7. The first-order valence-corrected chi connectivity index (χ1v) is 8.41. The Morgan fingerprint density at radius 2 is 2.04 bits per heavy atom. The van der Waals surface area contributed by atoms with Crippen LogP contribution in [0.3, 0.4) is 0 Å². The van der Waals surface area contributed by atoms with Gasteiger partial charge >= 0.3 is 0 Å². The van der Waals surface area contributed by atoms with Crippen LogP contribution < -0.4 is 9.64 Å². The number of benzene rings is 1. The lowest BCUT2D eigenvalue weighted by molar-refractivity contribution is -0.176. The third-order valence-corrected chi connectivity index (χ3v) is 4.86. The maximum absolute atomic E-state index is 15.5. The fraction of sp³-hybridized carbons (Fsp3) is 0.611. The molecular weight excluding hydrogens is 329 g/mol. The number of nitrogens with zero attached hydrogens (tertiary/aromatic N) is 1.